The molecule has 0 saturated carbocycles. The van der Waals surface area contributed by atoms with Crippen LogP contribution >= 0.6 is 0 Å². The van der Waals surface area contributed by atoms with Gasteiger partial charge in [0.25, 0.3) is 0 Å². The Bertz CT molecular complexity index is 486. The van der Waals surface area contributed by atoms with Crippen molar-refractivity contribution >= 4 is 5.97 Å². The van der Waals surface area contributed by atoms with Crippen LogP contribution in [-0.2, 0) is 10.4 Å². The maximum Gasteiger partial charge on any atom is 0.331 e. The molecule has 0 bridgehead atoms. The number of aliphatic carboxylic acids is 1. The van der Waals surface area contributed by atoms with Gasteiger partial charge >= 0.3 is 5.97 Å². The van der Waals surface area contributed by atoms with Gasteiger partial charge in [0.1, 0.15) is 5.76 Å². The first-order chi connectivity index (χ1) is 8.21. The number of rotatable bonds is 4. The Hall–Kier alpha value is -1.88. The van der Waals surface area contributed by atoms with Crippen molar-refractivity contribution in [1.29, 1.82) is 0 Å². The Morgan fingerprint density at radius 2 is 2.06 bits per heavy atom. The Morgan fingerprint density at radius 1 is 1.44 bits per heavy atom. The van der Waals surface area contributed by atoms with Gasteiger partial charge in [0.15, 0.2) is 11.6 Å². The van der Waals surface area contributed by atoms with Gasteiger partial charge in [0.2, 0.25) is 0 Å². The monoisotopic (exact) mass is 254 g/mol. The van der Waals surface area contributed by atoms with Crippen molar-refractivity contribution in [2.45, 2.75) is 26.4 Å². The van der Waals surface area contributed by atoms with E-state index in [1.807, 2.05) is 0 Å². The fraction of sp³-hybridized carbons (Fsp3) is 0.308. The Kier molecular flexibility index (Phi) is 4.08. The van der Waals surface area contributed by atoms with E-state index in [1.165, 1.54) is 39.0 Å². The molecule has 0 heterocycles. The van der Waals surface area contributed by atoms with E-state index in [1.54, 1.807) is 0 Å². The molecule has 2 N–H and O–H groups in total. The predicted octanol–water partition coefficient (Wildman–Crippen LogP) is 2.42. The number of allylic oxidation sites excluding steroid dienone is 1. The third-order valence-electron chi connectivity index (χ3n) is 2.22. The zero-order chi connectivity index (χ0) is 13.9. The maximum absolute atomic E-state index is 14.0. The van der Waals surface area contributed by atoms with Crippen LogP contribution in [-0.4, -0.2) is 16.2 Å². The van der Waals surface area contributed by atoms with Crippen LogP contribution in [0.4, 0.5) is 4.39 Å². The van der Waals surface area contributed by atoms with E-state index in [0.717, 1.165) is 6.08 Å². The molecule has 0 aliphatic heterocycles. The third-order valence-corrected chi connectivity index (χ3v) is 2.22. The minimum Gasteiger partial charge on any atom is -0.478 e. The number of carboxylic acid groups (broad SMARTS) is 1. The third kappa shape index (κ3) is 3.56. The number of ether oxygens (including phenoxy) is 1. The van der Waals surface area contributed by atoms with E-state index in [-0.39, 0.29) is 17.1 Å². The number of aliphatic hydroxyl groups is 1. The van der Waals surface area contributed by atoms with Gasteiger partial charge in [-0.05, 0) is 26.8 Å². The molecule has 0 aliphatic carbocycles. The number of benzene rings is 1. The summed E-state index contributed by atoms with van der Waals surface area (Å²) >= 11 is 0. The van der Waals surface area contributed by atoms with Crippen molar-refractivity contribution in [1.82, 2.24) is 0 Å². The number of hydrogen-bond donors (Lipinski definition) is 2. The minimum atomic E-state index is -1.34. The van der Waals surface area contributed by atoms with Gasteiger partial charge in [0, 0.05) is 5.56 Å². The van der Waals surface area contributed by atoms with E-state index < -0.39 is 17.4 Å². The van der Waals surface area contributed by atoms with Gasteiger partial charge in [-0.2, -0.15) is 0 Å². The quantitative estimate of drug-likeness (QED) is 0.639. The second kappa shape index (κ2) is 5.18. The first-order valence-electron chi connectivity index (χ1n) is 5.32. The van der Waals surface area contributed by atoms with E-state index in [0.29, 0.717) is 0 Å². The summed E-state index contributed by atoms with van der Waals surface area (Å²) in [6.45, 7) is 4.31. The standard InChI is InChI=1S/C13H15FO4/c1-8(7-11(15)16)18-10-6-4-5-9(12(10)14)13(2,3)17/h4-7,17H,1-3H3,(H,15,16)/b8-7+. The lowest BCUT2D eigenvalue weighted by molar-refractivity contribution is -0.131. The highest BCUT2D eigenvalue weighted by Gasteiger charge is 2.23. The van der Waals surface area contributed by atoms with Crippen molar-refractivity contribution in [2.24, 2.45) is 0 Å². The van der Waals surface area contributed by atoms with Gasteiger partial charge in [-0.3, -0.25) is 0 Å². The number of halogens is 1. The molecule has 0 aromatic heterocycles. The molecule has 1 aromatic rings. The summed E-state index contributed by atoms with van der Waals surface area (Å²) in [7, 11) is 0. The zero-order valence-corrected chi connectivity index (χ0v) is 10.4. The average molecular weight is 254 g/mol. The molecule has 1 rings (SSSR count). The van der Waals surface area contributed by atoms with Gasteiger partial charge in [-0.1, -0.05) is 12.1 Å². The summed E-state index contributed by atoms with van der Waals surface area (Å²) in [6.07, 6.45) is 0.830. The van der Waals surface area contributed by atoms with Crippen LogP contribution in [0.1, 0.15) is 26.3 Å². The second-order valence-electron chi connectivity index (χ2n) is 4.37. The van der Waals surface area contributed by atoms with Crippen LogP contribution in [0.2, 0.25) is 0 Å². The lowest BCUT2D eigenvalue weighted by atomic mass is 9.97. The Labute approximate surface area is 104 Å². The van der Waals surface area contributed by atoms with Crippen molar-refractivity contribution in [3.05, 3.63) is 41.4 Å². The average Bonchev–Trinajstić information content (AvgIpc) is 2.18. The molecule has 0 radical (unpaired) electrons. The summed E-state index contributed by atoms with van der Waals surface area (Å²) in [4.78, 5) is 10.4. The van der Waals surface area contributed by atoms with Crippen LogP contribution in [0.3, 0.4) is 0 Å². The van der Waals surface area contributed by atoms with Crippen LogP contribution in [0.5, 0.6) is 5.75 Å². The minimum absolute atomic E-state index is 0.0503. The first-order valence-corrected chi connectivity index (χ1v) is 5.32. The molecule has 0 saturated heterocycles. The van der Waals surface area contributed by atoms with Gasteiger partial charge < -0.3 is 14.9 Å². The van der Waals surface area contributed by atoms with Gasteiger partial charge in [-0.15, -0.1) is 0 Å². The molecule has 98 valence electrons. The highest BCUT2D eigenvalue weighted by Crippen LogP contribution is 2.29. The summed E-state index contributed by atoms with van der Waals surface area (Å²) in [5.41, 5.74) is -1.25. The highest BCUT2D eigenvalue weighted by molar-refractivity contribution is 5.80. The molecule has 0 amide bonds. The summed E-state index contributed by atoms with van der Waals surface area (Å²) in [6, 6.07) is 4.34. The van der Waals surface area contributed by atoms with Gasteiger partial charge in [0.05, 0.1) is 11.7 Å². The Morgan fingerprint density at radius 3 is 2.56 bits per heavy atom. The molecule has 18 heavy (non-hydrogen) atoms. The van der Waals surface area contributed by atoms with Crippen LogP contribution in [0.15, 0.2) is 30.0 Å². The van der Waals surface area contributed by atoms with Crippen LogP contribution < -0.4 is 4.74 Å². The molecule has 0 atom stereocenters. The topological polar surface area (TPSA) is 66.8 Å². The van der Waals surface area contributed by atoms with Crippen molar-refractivity contribution in [3.63, 3.8) is 0 Å². The number of carbonyl (C=O) groups is 1. The molecule has 0 fully saturated rings. The van der Waals surface area contributed by atoms with Crippen molar-refractivity contribution < 1.29 is 24.1 Å². The normalized spacial score (nSPS) is 12.4. The summed E-state index contributed by atoms with van der Waals surface area (Å²) in [5, 5.41) is 18.3. The van der Waals surface area contributed by atoms with E-state index in [2.05, 4.69) is 0 Å². The van der Waals surface area contributed by atoms with Crippen molar-refractivity contribution in [2.75, 3.05) is 0 Å². The predicted molar refractivity (Wildman–Crippen MR) is 63.7 cm³/mol. The highest BCUT2D eigenvalue weighted by atomic mass is 19.1. The molecule has 0 unspecified atom stereocenters. The fourth-order valence-corrected chi connectivity index (χ4v) is 1.44. The fourth-order valence-electron chi connectivity index (χ4n) is 1.44. The lowest BCUT2D eigenvalue weighted by Crippen LogP contribution is -2.18. The second-order valence-corrected chi connectivity index (χ2v) is 4.37. The van der Waals surface area contributed by atoms with E-state index >= 15 is 0 Å². The van der Waals surface area contributed by atoms with Crippen LogP contribution in [0, 0.1) is 5.82 Å². The molecule has 0 aliphatic rings. The van der Waals surface area contributed by atoms with Crippen molar-refractivity contribution in [3.8, 4) is 5.75 Å². The maximum atomic E-state index is 14.0. The lowest BCUT2D eigenvalue weighted by Gasteiger charge is -2.19. The van der Waals surface area contributed by atoms with Gasteiger partial charge in [-0.25, -0.2) is 9.18 Å². The first kappa shape index (κ1) is 14.2. The molecule has 0 spiro atoms. The summed E-state index contributed by atoms with van der Waals surface area (Å²) in [5.74, 6) is -1.95. The smallest absolute Gasteiger partial charge is 0.331 e. The zero-order valence-electron chi connectivity index (χ0n) is 10.4. The molecule has 1 aromatic carbocycles. The summed E-state index contributed by atoms with van der Waals surface area (Å²) < 4.78 is 19.1. The molecular weight excluding hydrogens is 239 g/mol. The SMILES string of the molecule is C/C(=C\C(=O)O)Oc1cccc(C(C)(C)O)c1F. The molecule has 4 nitrogen and oxygen atoms in total. The van der Waals surface area contributed by atoms with Crippen LogP contribution in [0.25, 0.3) is 0 Å². The molecular formula is C13H15FO4. The molecule has 5 heteroatoms. The van der Waals surface area contributed by atoms with E-state index in [9.17, 15) is 14.3 Å². The number of carboxylic acids is 1. The number of hydrogen-bond acceptors (Lipinski definition) is 3. The largest absolute Gasteiger partial charge is 0.478 e. The van der Waals surface area contributed by atoms with E-state index in [4.69, 9.17) is 9.84 Å². The Balaban J connectivity index is 3.09.